The van der Waals surface area contributed by atoms with Crippen LogP contribution >= 0.6 is 11.3 Å². The number of Topliss-reactive ketones (excluding diaryl/α,β-unsaturated/α-hetero) is 2. The molecule has 4 aromatic rings. The minimum Gasteiger partial charge on any atom is -0.352 e. The van der Waals surface area contributed by atoms with Crippen LogP contribution in [-0.2, 0) is 10.2 Å². The molecule has 1 saturated heterocycles. The zero-order valence-electron chi connectivity index (χ0n) is 22.5. The maximum Gasteiger partial charge on any atom is 0.238 e. The number of aryl methyl sites for hydroxylation is 2. The van der Waals surface area contributed by atoms with Crippen LogP contribution in [0.2, 0.25) is 0 Å². The van der Waals surface area contributed by atoms with Crippen molar-refractivity contribution >= 4 is 45.8 Å². The highest BCUT2D eigenvalue weighted by Gasteiger charge is 2.70. The first-order valence-electron chi connectivity index (χ1n) is 13.5. The molecule has 0 bridgehead atoms. The zero-order valence-corrected chi connectivity index (χ0v) is 23.3. The van der Waals surface area contributed by atoms with Gasteiger partial charge in [0.05, 0.1) is 16.8 Å². The van der Waals surface area contributed by atoms with Crippen molar-refractivity contribution in [1.29, 1.82) is 0 Å². The number of anilines is 2. The van der Waals surface area contributed by atoms with Crippen LogP contribution < -0.4 is 10.2 Å². The molecule has 3 aliphatic heterocycles. The number of hydrogen-bond donors (Lipinski definition) is 1. The fourth-order valence-electron chi connectivity index (χ4n) is 7.01. The highest BCUT2D eigenvalue weighted by atomic mass is 32.1. The summed E-state index contributed by atoms with van der Waals surface area (Å²) in [5, 5.41) is 4.96. The average molecular weight is 545 g/mol. The highest BCUT2D eigenvalue weighted by molar-refractivity contribution is 7.12. The van der Waals surface area contributed by atoms with E-state index in [1.165, 1.54) is 11.3 Å². The number of thiophene rings is 1. The van der Waals surface area contributed by atoms with Crippen LogP contribution in [0, 0.1) is 19.8 Å². The summed E-state index contributed by atoms with van der Waals surface area (Å²) in [5.74, 6) is -1.52. The lowest BCUT2D eigenvalue weighted by molar-refractivity contribution is -0.121. The van der Waals surface area contributed by atoms with Gasteiger partial charge in [-0.1, -0.05) is 71.8 Å². The van der Waals surface area contributed by atoms with Gasteiger partial charge in [-0.15, -0.1) is 11.3 Å². The monoisotopic (exact) mass is 544 g/mol. The van der Waals surface area contributed by atoms with Crippen LogP contribution in [0.25, 0.3) is 5.57 Å². The molecule has 1 N–H and O–H groups in total. The number of para-hydroxylation sites is 1. The minimum atomic E-state index is -1.29. The number of benzene rings is 3. The molecule has 1 spiro atoms. The summed E-state index contributed by atoms with van der Waals surface area (Å²) in [5.41, 5.74) is 5.78. The molecule has 1 aromatic heterocycles. The van der Waals surface area contributed by atoms with Crippen LogP contribution in [0.1, 0.15) is 49.2 Å². The molecule has 3 aromatic carbocycles. The van der Waals surface area contributed by atoms with E-state index in [0.717, 1.165) is 33.5 Å². The first-order chi connectivity index (χ1) is 19.3. The van der Waals surface area contributed by atoms with Gasteiger partial charge in [0.15, 0.2) is 11.6 Å². The van der Waals surface area contributed by atoms with E-state index in [-0.39, 0.29) is 17.5 Å². The minimum absolute atomic E-state index is 0.159. The summed E-state index contributed by atoms with van der Waals surface area (Å²) < 4.78 is 0. The third kappa shape index (κ3) is 3.29. The van der Waals surface area contributed by atoms with E-state index >= 15 is 0 Å². The third-order valence-corrected chi connectivity index (χ3v) is 9.67. The number of nitrogens with one attached hydrogen (secondary N) is 1. The smallest absolute Gasteiger partial charge is 0.238 e. The molecular formula is C34H28N2O3S. The standard InChI is InChI=1S/C34H28N2O3S/c1-19-10-13-22(14-11-19)31(37)30-29(32(38)27-9-6-16-40-27)34(24-7-4-5-8-25(24)35-33(34)39)28-18-21(3)23-17-20(2)12-15-26(23)36(28)30/h4-18,28-30H,1-3H3,(H,35,39). The molecule has 7 rings (SSSR count). The van der Waals surface area contributed by atoms with E-state index in [4.69, 9.17) is 0 Å². The van der Waals surface area contributed by atoms with Gasteiger partial charge in [-0.25, -0.2) is 0 Å². The van der Waals surface area contributed by atoms with Crippen LogP contribution in [0.3, 0.4) is 0 Å². The molecule has 0 saturated carbocycles. The number of hydrogen-bond acceptors (Lipinski definition) is 5. The third-order valence-electron chi connectivity index (χ3n) is 8.78. The summed E-state index contributed by atoms with van der Waals surface area (Å²) in [4.78, 5) is 46.3. The lowest BCUT2D eigenvalue weighted by Gasteiger charge is -2.39. The quantitative estimate of drug-likeness (QED) is 0.294. The Morgan fingerprint density at radius 1 is 0.875 bits per heavy atom. The number of rotatable bonds is 4. The normalized spacial score (nSPS) is 24.3. The number of amides is 1. The van der Waals surface area contributed by atoms with Crippen LogP contribution in [0.4, 0.5) is 11.4 Å². The Kier molecular flexibility index (Phi) is 5.48. The van der Waals surface area contributed by atoms with E-state index in [2.05, 4.69) is 22.4 Å². The van der Waals surface area contributed by atoms with Crippen molar-refractivity contribution in [3.05, 3.63) is 123 Å². The van der Waals surface area contributed by atoms with Crippen molar-refractivity contribution in [3.8, 4) is 0 Å². The van der Waals surface area contributed by atoms with E-state index in [1.807, 2.05) is 92.9 Å². The summed E-state index contributed by atoms with van der Waals surface area (Å²) in [6, 6.07) is 23.5. The van der Waals surface area contributed by atoms with Gasteiger partial charge in [0.1, 0.15) is 11.5 Å². The van der Waals surface area contributed by atoms with Crippen molar-refractivity contribution in [2.24, 2.45) is 5.92 Å². The van der Waals surface area contributed by atoms with Gasteiger partial charge in [0.2, 0.25) is 5.91 Å². The summed E-state index contributed by atoms with van der Waals surface area (Å²) in [6.45, 7) is 6.08. The Balaban J connectivity index is 1.56. The van der Waals surface area contributed by atoms with Crippen molar-refractivity contribution in [2.45, 2.75) is 38.3 Å². The summed E-state index contributed by atoms with van der Waals surface area (Å²) in [6.07, 6.45) is 2.10. The topological polar surface area (TPSA) is 66.5 Å². The Morgan fingerprint density at radius 2 is 1.62 bits per heavy atom. The van der Waals surface area contributed by atoms with Gasteiger partial charge in [0.25, 0.3) is 0 Å². The molecule has 6 heteroatoms. The lowest BCUT2D eigenvalue weighted by Crippen LogP contribution is -2.51. The molecular weight excluding hydrogens is 516 g/mol. The summed E-state index contributed by atoms with van der Waals surface area (Å²) >= 11 is 1.35. The lowest BCUT2D eigenvalue weighted by atomic mass is 9.64. The first kappa shape index (κ1) is 24.7. The zero-order chi connectivity index (χ0) is 27.8. The van der Waals surface area contributed by atoms with Gasteiger partial charge in [-0.3, -0.25) is 14.4 Å². The SMILES string of the molecule is CC1=CC2N(c3ccc(C)cc31)C(C(=O)c1ccc(C)cc1)C(C(=O)c1cccs1)C21C(=O)Nc2ccccc21. The van der Waals surface area contributed by atoms with E-state index in [0.29, 0.717) is 16.1 Å². The molecule has 1 amide bonds. The number of fused-ring (bicyclic) bond motifs is 6. The molecule has 4 heterocycles. The second kappa shape index (κ2) is 8.86. The van der Waals surface area contributed by atoms with Gasteiger partial charge in [-0.05, 0) is 61.6 Å². The largest absolute Gasteiger partial charge is 0.352 e. The molecule has 1 fully saturated rings. The van der Waals surface area contributed by atoms with Crippen LogP contribution in [0.5, 0.6) is 0 Å². The maximum atomic E-state index is 14.7. The average Bonchev–Trinajstić information content (AvgIpc) is 3.66. The van der Waals surface area contributed by atoms with Gasteiger partial charge >= 0.3 is 0 Å². The molecule has 0 aliphatic carbocycles. The summed E-state index contributed by atoms with van der Waals surface area (Å²) in [7, 11) is 0. The van der Waals surface area contributed by atoms with Crippen molar-refractivity contribution in [1.82, 2.24) is 0 Å². The second-order valence-electron chi connectivity index (χ2n) is 11.1. The molecule has 4 atom stereocenters. The maximum absolute atomic E-state index is 14.7. The highest BCUT2D eigenvalue weighted by Crippen LogP contribution is 2.59. The Labute approximate surface area is 237 Å². The fraction of sp³-hybridized carbons (Fsp3) is 0.206. The first-order valence-corrected chi connectivity index (χ1v) is 14.4. The Morgan fingerprint density at radius 3 is 2.38 bits per heavy atom. The van der Waals surface area contributed by atoms with Crippen molar-refractivity contribution in [2.75, 3.05) is 10.2 Å². The van der Waals surface area contributed by atoms with Crippen molar-refractivity contribution in [3.63, 3.8) is 0 Å². The van der Waals surface area contributed by atoms with Gasteiger partial charge < -0.3 is 10.2 Å². The predicted octanol–water partition coefficient (Wildman–Crippen LogP) is 6.61. The van der Waals surface area contributed by atoms with E-state index < -0.39 is 23.4 Å². The molecule has 4 unspecified atom stereocenters. The van der Waals surface area contributed by atoms with Crippen molar-refractivity contribution < 1.29 is 14.4 Å². The number of carbonyl (C=O) groups excluding carboxylic acids is 3. The number of ketones is 2. The van der Waals surface area contributed by atoms with Crippen LogP contribution in [-0.4, -0.2) is 29.6 Å². The second-order valence-corrected chi connectivity index (χ2v) is 12.0. The van der Waals surface area contributed by atoms with Gasteiger partial charge in [-0.2, -0.15) is 0 Å². The van der Waals surface area contributed by atoms with E-state index in [9.17, 15) is 14.4 Å². The number of carbonyl (C=O) groups is 3. The fourth-order valence-corrected chi connectivity index (χ4v) is 7.71. The van der Waals surface area contributed by atoms with E-state index in [1.54, 1.807) is 6.07 Å². The predicted molar refractivity (Wildman–Crippen MR) is 159 cm³/mol. The molecule has 0 radical (unpaired) electrons. The number of nitrogens with zero attached hydrogens (tertiary/aromatic N) is 1. The number of allylic oxidation sites excluding steroid dienone is 1. The molecule has 3 aliphatic rings. The Bertz CT molecular complexity index is 1740. The molecule has 40 heavy (non-hydrogen) atoms. The van der Waals surface area contributed by atoms with Crippen LogP contribution in [0.15, 0.2) is 90.3 Å². The van der Waals surface area contributed by atoms with Gasteiger partial charge in [0, 0.05) is 22.5 Å². The Hall–Kier alpha value is -4.29. The molecule has 198 valence electrons. The molecule has 5 nitrogen and oxygen atoms in total.